The lowest BCUT2D eigenvalue weighted by Crippen LogP contribution is -2.05. The van der Waals surface area contributed by atoms with E-state index >= 15 is 0 Å². The number of pyridine rings is 1. The highest BCUT2D eigenvalue weighted by Gasteiger charge is 2.11. The van der Waals surface area contributed by atoms with Crippen LogP contribution in [0.25, 0.3) is 11.4 Å². The molecule has 106 valence electrons. The Morgan fingerprint density at radius 3 is 3.00 bits per heavy atom. The van der Waals surface area contributed by atoms with E-state index in [1.54, 1.807) is 19.3 Å². The van der Waals surface area contributed by atoms with Crippen LogP contribution in [0.5, 0.6) is 0 Å². The largest absolute Gasteiger partial charge is 0.466 e. The van der Waals surface area contributed by atoms with E-state index in [-0.39, 0.29) is 5.97 Å². The van der Waals surface area contributed by atoms with E-state index in [4.69, 9.17) is 4.74 Å². The van der Waals surface area contributed by atoms with Gasteiger partial charge in [0.05, 0.1) is 13.0 Å². The molecule has 0 aliphatic heterocycles. The van der Waals surface area contributed by atoms with Crippen molar-refractivity contribution in [3.05, 3.63) is 24.5 Å². The second-order valence-corrected chi connectivity index (χ2v) is 5.07. The van der Waals surface area contributed by atoms with Crippen molar-refractivity contribution in [1.29, 1.82) is 0 Å². The molecule has 0 unspecified atom stereocenters. The van der Waals surface area contributed by atoms with Crippen LogP contribution in [0.2, 0.25) is 0 Å². The number of hydrogen-bond acceptors (Lipinski definition) is 6. The summed E-state index contributed by atoms with van der Waals surface area (Å²) in [7, 11) is 1.90. The fourth-order valence-corrected chi connectivity index (χ4v) is 2.48. The highest BCUT2D eigenvalue weighted by Crippen LogP contribution is 2.22. The van der Waals surface area contributed by atoms with Gasteiger partial charge in [0.15, 0.2) is 11.0 Å². The zero-order chi connectivity index (χ0) is 14.4. The SMILES string of the molecule is CCOC(=O)CCSc1nnc(-c2cccnc2)n1C. The normalized spacial score (nSPS) is 10.5. The molecule has 6 nitrogen and oxygen atoms in total. The molecule has 0 atom stereocenters. The minimum Gasteiger partial charge on any atom is -0.466 e. The topological polar surface area (TPSA) is 69.9 Å². The van der Waals surface area contributed by atoms with Crippen LogP contribution in [-0.4, -0.2) is 38.1 Å². The van der Waals surface area contributed by atoms with Gasteiger partial charge in [0, 0.05) is 30.8 Å². The molecule has 0 saturated heterocycles. The summed E-state index contributed by atoms with van der Waals surface area (Å²) in [5, 5.41) is 9.06. The molecule has 0 N–H and O–H groups in total. The molecule has 2 aromatic heterocycles. The van der Waals surface area contributed by atoms with Gasteiger partial charge in [0.25, 0.3) is 0 Å². The Morgan fingerprint density at radius 2 is 2.30 bits per heavy atom. The van der Waals surface area contributed by atoms with Crippen LogP contribution in [-0.2, 0) is 16.6 Å². The highest BCUT2D eigenvalue weighted by molar-refractivity contribution is 7.99. The van der Waals surface area contributed by atoms with Crippen LogP contribution in [0.15, 0.2) is 29.7 Å². The highest BCUT2D eigenvalue weighted by atomic mass is 32.2. The molecular weight excluding hydrogens is 276 g/mol. The molecule has 0 radical (unpaired) electrons. The number of nitrogens with zero attached hydrogens (tertiary/aromatic N) is 4. The van der Waals surface area contributed by atoms with Gasteiger partial charge in [-0.25, -0.2) is 0 Å². The summed E-state index contributed by atoms with van der Waals surface area (Å²) in [6.45, 7) is 2.21. The number of thioether (sulfide) groups is 1. The standard InChI is InChI=1S/C13H16N4O2S/c1-3-19-11(18)6-8-20-13-16-15-12(17(13)2)10-5-4-7-14-9-10/h4-5,7,9H,3,6,8H2,1-2H3. The molecule has 0 saturated carbocycles. The molecule has 2 heterocycles. The Kier molecular flexibility index (Phi) is 5.11. The third-order valence-electron chi connectivity index (χ3n) is 2.60. The number of esters is 1. The number of rotatable bonds is 6. The van der Waals surface area contributed by atoms with Gasteiger partial charge in [0.2, 0.25) is 0 Å². The van der Waals surface area contributed by atoms with E-state index in [1.165, 1.54) is 11.8 Å². The quantitative estimate of drug-likeness (QED) is 0.598. The molecular formula is C13H16N4O2S. The molecule has 0 aromatic carbocycles. The molecule has 0 aliphatic carbocycles. The van der Waals surface area contributed by atoms with Crippen molar-refractivity contribution < 1.29 is 9.53 Å². The van der Waals surface area contributed by atoms with E-state index in [0.29, 0.717) is 18.8 Å². The van der Waals surface area contributed by atoms with Gasteiger partial charge in [-0.15, -0.1) is 10.2 Å². The first-order valence-corrected chi connectivity index (χ1v) is 7.29. The van der Waals surface area contributed by atoms with E-state index in [9.17, 15) is 4.79 Å². The summed E-state index contributed by atoms with van der Waals surface area (Å²) in [6.07, 6.45) is 3.83. The number of carbonyl (C=O) groups is 1. The predicted octanol–water partition coefficient (Wildman–Crippen LogP) is 1.92. The van der Waals surface area contributed by atoms with Crippen molar-refractivity contribution >= 4 is 17.7 Å². The van der Waals surface area contributed by atoms with Crippen LogP contribution in [0.4, 0.5) is 0 Å². The molecule has 0 fully saturated rings. The zero-order valence-corrected chi connectivity index (χ0v) is 12.3. The Bertz CT molecular complexity index is 571. The van der Waals surface area contributed by atoms with Crippen molar-refractivity contribution in [3.8, 4) is 11.4 Å². The van der Waals surface area contributed by atoms with E-state index < -0.39 is 0 Å². The fourth-order valence-electron chi connectivity index (χ4n) is 1.65. The summed E-state index contributed by atoms with van der Waals surface area (Å²) in [4.78, 5) is 15.3. The van der Waals surface area contributed by atoms with E-state index in [2.05, 4.69) is 15.2 Å². The maximum absolute atomic E-state index is 11.3. The minimum absolute atomic E-state index is 0.186. The second kappa shape index (κ2) is 7.04. The summed E-state index contributed by atoms with van der Waals surface area (Å²) in [5.41, 5.74) is 0.916. The van der Waals surface area contributed by atoms with Gasteiger partial charge in [-0.3, -0.25) is 9.78 Å². The molecule has 0 aliphatic rings. The van der Waals surface area contributed by atoms with Crippen LogP contribution >= 0.6 is 11.8 Å². The van der Waals surface area contributed by atoms with Crippen LogP contribution in [0.1, 0.15) is 13.3 Å². The number of ether oxygens (including phenoxy) is 1. The zero-order valence-electron chi connectivity index (χ0n) is 11.4. The summed E-state index contributed by atoms with van der Waals surface area (Å²) >= 11 is 1.48. The van der Waals surface area contributed by atoms with E-state index in [0.717, 1.165) is 16.5 Å². The first kappa shape index (κ1) is 14.5. The van der Waals surface area contributed by atoms with Gasteiger partial charge in [-0.05, 0) is 19.1 Å². The second-order valence-electron chi connectivity index (χ2n) is 4.01. The van der Waals surface area contributed by atoms with Crippen LogP contribution in [0, 0.1) is 0 Å². The lowest BCUT2D eigenvalue weighted by molar-refractivity contribution is -0.142. The Morgan fingerprint density at radius 1 is 1.45 bits per heavy atom. The maximum Gasteiger partial charge on any atom is 0.306 e. The summed E-state index contributed by atoms with van der Waals surface area (Å²) in [5.74, 6) is 1.20. The molecule has 2 aromatic rings. The summed E-state index contributed by atoms with van der Waals surface area (Å²) < 4.78 is 6.78. The van der Waals surface area contributed by atoms with Crippen molar-refractivity contribution in [1.82, 2.24) is 19.7 Å². The first-order chi connectivity index (χ1) is 9.72. The van der Waals surface area contributed by atoms with Gasteiger partial charge in [-0.1, -0.05) is 11.8 Å². The Hall–Kier alpha value is -1.89. The number of hydrogen-bond donors (Lipinski definition) is 0. The molecule has 0 amide bonds. The predicted molar refractivity (Wildman–Crippen MR) is 76.2 cm³/mol. The molecule has 0 spiro atoms. The molecule has 0 bridgehead atoms. The number of aromatic nitrogens is 4. The molecule has 2 rings (SSSR count). The van der Waals surface area contributed by atoms with Crippen molar-refractivity contribution in [2.24, 2.45) is 7.05 Å². The van der Waals surface area contributed by atoms with Gasteiger partial charge in [-0.2, -0.15) is 0 Å². The average Bonchev–Trinajstić information content (AvgIpc) is 2.82. The lowest BCUT2D eigenvalue weighted by Gasteiger charge is -2.03. The third kappa shape index (κ3) is 3.57. The van der Waals surface area contributed by atoms with Gasteiger partial charge < -0.3 is 9.30 Å². The van der Waals surface area contributed by atoms with E-state index in [1.807, 2.05) is 23.7 Å². The Labute approximate surface area is 121 Å². The average molecular weight is 292 g/mol. The van der Waals surface area contributed by atoms with Gasteiger partial charge >= 0.3 is 5.97 Å². The monoisotopic (exact) mass is 292 g/mol. The van der Waals surface area contributed by atoms with Gasteiger partial charge in [0.1, 0.15) is 0 Å². The maximum atomic E-state index is 11.3. The fraction of sp³-hybridized carbons (Fsp3) is 0.385. The van der Waals surface area contributed by atoms with Crippen molar-refractivity contribution in [3.63, 3.8) is 0 Å². The van der Waals surface area contributed by atoms with Crippen LogP contribution in [0.3, 0.4) is 0 Å². The lowest BCUT2D eigenvalue weighted by atomic mass is 10.3. The molecule has 20 heavy (non-hydrogen) atoms. The minimum atomic E-state index is -0.186. The first-order valence-electron chi connectivity index (χ1n) is 6.30. The van der Waals surface area contributed by atoms with Crippen molar-refractivity contribution in [2.45, 2.75) is 18.5 Å². The van der Waals surface area contributed by atoms with Crippen molar-refractivity contribution in [2.75, 3.05) is 12.4 Å². The molecule has 7 heteroatoms. The third-order valence-corrected chi connectivity index (χ3v) is 3.62. The summed E-state index contributed by atoms with van der Waals surface area (Å²) in [6, 6.07) is 3.79. The Balaban J connectivity index is 1.98. The number of carbonyl (C=O) groups excluding carboxylic acids is 1. The van der Waals surface area contributed by atoms with Crippen LogP contribution < -0.4 is 0 Å². The smallest absolute Gasteiger partial charge is 0.306 e.